The number of alkyl carbamates (subject to hydrolysis) is 1. The van der Waals surface area contributed by atoms with Crippen LogP contribution in [0.4, 0.5) is 4.79 Å². The van der Waals surface area contributed by atoms with Crippen molar-refractivity contribution in [1.29, 1.82) is 0 Å². The summed E-state index contributed by atoms with van der Waals surface area (Å²) in [6, 6.07) is 15.0. The number of ketones is 1. The van der Waals surface area contributed by atoms with Crippen molar-refractivity contribution in [2.75, 3.05) is 6.61 Å². The van der Waals surface area contributed by atoms with Gasteiger partial charge in [-0.3, -0.25) is 4.79 Å². The maximum absolute atomic E-state index is 12.8. The maximum Gasteiger partial charge on any atom is 0.408 e. The number of hydrogen-bond acceptors (Lipinski definition) is 6. The Kier molecular flexibility index (Phi) is 9.41. The van der Waals surface area contributed by atoms with E-state index < -0.39 is 36.4 Å². The first-order valence-corrected chi connectivity index (χ1v) is 10.9. The van der Waals surface area contributed by atoms with Gasteiger partial charge in [-0.1, -0.05) is 58.4 Å². The molecule has 2 rings (SSSR count). The highest BCUT2D eigenvalue weighted by Gasteiger charge is 2.31. The topological polar surface area (TPSA) is 90.9 Å². The van der Waals surface area contributed by atoms with E-state index in [1.807, 2.05) is 30.3 Å². The molecule has 0 heterocycles. The van der Waals surface area contributed by atoms with Crippen molar-refractivity contribution in [3.63, 3.8) is 0 Å². The molecule has 0 aliphatic carbocycles. The quantitative estimate of drug-likeness (QED) is 0.393. The summed E-state index contributed by atoms with van der Waals surface area (Å²) >= 11 is 3.30. The number of amides is 1. The number of ether oxygens (including phenoxy) is 3. The second-order valence-corrected chi connectivity index (χ2v) is 9.08. The van der Waals surface area contributed by atoms with Crippen LogP contribution in [0.1, 0.15) is 43.6 Å². The molecular formula is C24H28BrNO6. The summed E-state index contributed by atoms with van der Waals surface area (Å²) in [4.78, 5) is 37.4. The summed E-state index contributed by atoms with van der Waals surface area (Å²) in [5.41, 5.74) is 0.574. The maximum atomic E-state index is 12.8. The Hall–Kier alpha value is -2.71. The highest BCUT2D eigenvalue weighted by Crippen LogP contribution is 2.13. The Morgan fingerprint density at radius 2 is 1.62 bits per heavy atom. The lowest BCUT2D eigenvalue weighted by Crippen LogP contribution is -2.51. The molecule has 0 bridgehead atoms. The van der Waals surface area contributed by atoms with Crippen molar-refractivity contribution in [3.05, 3.63) is 70.2 Å². The highest BCUT2D eigenvalue weighted by molar-refractivity contribution is 9.10. The normalized spacial score (nSPS) is 13.0. The predicted octanol–water partition coefficient (Wildman–Crippen LogP) is 4.67. The predicted molar refractivity (Wildman–Crippen MR) is 123 cm³/mol. The fraction of sp³-hybridized carbons (Fsp3) is 0.375. The SMILES string of the molecule is C[C@H](OCc1ccccc1)[C@@H](NC(=O)OC(C)(C)C)C(=O)OCC(=O)c1ccc(Br)cc1. The van der Waals surface area contributed by atoms with Gasteiger partial charge in [0.25, 0.3) is 0 Å². The van der Waals surface area contributed by atoms with Crippen LogP contribution in [-0.2, 0) is 25.6 Å². The van der Waals surface area contributed by atoms with Gasteiger partial charge in [-0.2, -0.15) is 0 Å². The van der Waals surface area contributed by atoms with Crippen LogP contribution in [0, 0.1) is 0 Å². The minimum Gasteiger partial charge on any atom is -0.456 e. The molecule has 172 valence electrons. The van der Waals surface area contributed by atoms with Crippen LogP contribution in [0.25, 0.3) is 0 Å². The molecule has 2 aromatic carbocycles. The summed E-state index contributed by atoms with van der Waals surface area (Å²) in [7, 11) is 0. The Morgan fingerprint density at radius 3 is 2.22 bits per heavy atom. The second-order valence-electron chi connectivity index (χ2n) is 8.16. The molecule has 0 unspecified atom stereocenters. The Labute approximate surface area is 196 Å². The van der Waals surface area contributed by atoms with Gasteiger partial charge >= 0.3 is 12.1 Å². The minimum atomic E-state index is -1.16. The molecular weight excluding hydrogens is 478 g/mol. The zero-order valence-electron chi connectivity index (χ0n) is 18.6. The molecule has 32 heavy (non-hydrogen) atoms. The van der Waals surface area contributed by atoms with Crippen LogP contribution in [0.5, 0.6) is 0 Å². The van der Waals surface area contributed by atoms with Crippen molar-refractivity contribution in [2.24, 2.45) is 0 Å². The van der Waals surface area contributed by atoms with Gasteiger partial charge in [0.1, 0.15) is 5.60 Å². The smallest absolute Gasteiger partial charge is 0.408 e. The van der Waals surface area contributed by atoms with Gasteiger partial charge in [-0.15, -0.1) is 0 Å². The van der Waals surface area contributed by atoms with Gasteiger partial charge < -0.3 is 19.5 Å². The van der Waals surface area contributed by atoms with Gasteiger partial charge in [0.15, 0.2) is 18.4 Å². The monoisotopic (exact) mass is 505 g/mol. The largest absolute Gasteiger partial charge is 0.456 e. The molecule has 0 radical (unpaired) electrons. The van der Waals surface area contributed by atoms with E-state index in [9.17, 15) is 14.4 Å². The number of nitrogens with one attached hydrogen (secondary N) is 1. The van der Waals surface area contributed by atoms with Gasteiger partial charge in [-0.25, -0.2) is 9.59 Å². The van der Waals surface area contributed by atoms with Gasteiger partial charge in [0.2, 0.25) is 0 Å². The van der Waals surface area contributed by atoms with Gasteiger partial charge in [0.05, 0.1) is 12.7 Å². The fourth-order valence-corrected chi connectivity index (χ4v) is 2.91. The van der Waals surface area contributed by atoms with Gasteiger partial charge in [-0.05, 0) is 45.4 Å². The van der Waals surface area contributed by atoms with E-state index in [2.05, 4.69) is 21.2 Å². The zero-order chi connectivity index (χ0) is 23.7. The molecule has 1 N–H and O–H groups in total. The number of carbonyl (C=O) groups is 3. The first-order valence-electron chi connectivity index (χ1n) is 10.2. The van der Waals surface area contributed by atoms with Crippen molar-refractivity contribution >= 4 is 33.8 Å². The molecule has 0 aliphatic heterocycles. The van der Waals surface area contributed by atoms with E-state index in [1.54, 1.807) is 52.0 Å². The van der Waals surface area contributed by atoms with E-state index in [1.165, 1.54) is 0 Å². The minimum absolute atomic E-state index is 0.236. The van der Waals surface area contributed by atoms with Crippen molar-refractivity contribution in [1.82, 2.24) is 5.32 Å². The Morgan fingerprint density at radius 1 is 1.00 bits per heavy atom. The average Bonchev–Trinajstić information content (AvgIpc) is 2.74. The standard InChI is InChI=1S/C24H28BrNO6/c1-16(30-14-17-8-6-5-7-9-17)21(26-23(29)32-24(2,3)4)22(28)31-15-20(27)18-10-12-19(25)13-11-18/h5-13,16,21H,14-15H2,1-4H3,(H,26,29)/t16-,21+/m0/s1. The van der Waals surface area contributed by atoms with Crippen LogP contribution in [0.15, 0.2) is 59.1 Å². The number of halogens is 1. The van der Waals surface area contributed by atoms with Gasteiger partial charge in [0, 0.05) is 10.0 Å². The van der Waals surface area contributed by atoms with Crippen LogP contribution in [0.3, 0.4) is 0 Å². The first-order chi connectivity index (χ1) is 15.0. The number of esters is 1. The molecule has 0 saturated carbocycles. The third-order valence-corrected chi connectivity index (χ3v) is 4.79. The lowest BCUT2D eigenvalue weighted by atomic mass is 10.1. The second kappa shape index (κ2) is 11.8. The molecule has 1 amide bonds. The molecule has 7 nitrogen and oxygen atoms in total. The van der Waals surface area contributed by atoms with E-state index in [0.29, 0.717) is 5.56 Å². The molecule has 0 fully saturated rings. The third-order valence-electron chi connectivity index (χ3n) is 4.26. The summed E-state index contributed by atoms with van der Waals surface area (Å²) in [5.74, 6) is -1.15. The molecule has 0 saturated heterocycles. The van der Waals surface area contributed by atoms with Crippen LogP contribution in [-0.4, -0.2) is 42.2 Å². The summed E-state index contributed by atoms with van der Waals surface area (Å²) in [6.07, 6.45) is -1.52. The molecule has 2 aromatic rings. The molecule has 0 aromatic heterocycles. The third kappa shape index (κ3) is 8.80. The number of rotatable bonds is 9. The Bertz CT molecular complexity index is 908. The fourth-order valence-electron chi connectivity index (χ4n) is 2.65. The number of Topliss-reactive ketones (excluding diaryl/α,β-unsaturated/α-hetero) is 1. The number of carbonyl (C=O) groups excluding carboxylic acids is 3. The van der Waals surface area contributed by atoms with Crippen molar-refractivity contribution < 1.29 is 28.6 Å². The van der Waals surface area contributed by atoms with E-state index >= 15 is 0 Å². The Balaban J connectivity index is 2.03. The number of hydrogen-bond donors (Lipinski definition) is 1. The van der Waals surface area contributed by atoms with Crippen LogP contribution < -0.4 is 5.32 Å². The molecule has 0 aliphatic rings. The van der Waals surface area contributed by atoms with Crippen LogP contribution in [0.2, 0.25) is 0 Å². The molecule has 2 atom stereocenters. The van der Waals surface area contributed by atoms with Crippen LogP contribution >= 0.6 is 15.9 Å². The average molecular weight is 506 g/mol. The lowest BCUT2D eigenvalue weighted by Gasteiger charge is -2.26. The lowest BCUT2D eigenvalue weighted by molar-refractivity contribution is -0.149. The van der Waals surface area contributed by atoms with E-state index in [4.69, 9.17) is 14.2 Å². The summed E-state index contributed by atoms with van der Waals surface area (Å²) in [6.45, 7) is 6.56. The zero-order valence-corrected chi connectivity index (χ0v) is 20.2. The van der Waals surface area contributed by atoms with E-state index in [0.717, 1.165) is 10.0 Å². The number of benzene rings is 2. The summed E-state index contributed by atoms with van der Waals surface area (Å²) in [5, 5.41) is 2.50. The van der Waals surface area contributed by atoms with E-state index in [-0.39, 0.29) is 12.4 Å². The highest BCUT2D eigenvalue weighted by atomic mass is 79.9. The molecule has 0 spiro atoms. The first kappa shape index (κ1) is 25.5. The summed E-state index contributed by atoms with van der Waals surface area (Å²) < 4.78 is 17.1. The van der Waals surface area contributed by atoms with Crippen molar-refractivity contribution in [2.45, 2.75) is 52.0 Å². The van der Waals surface area contributed by atoms with Crippen molar-refractivity contribution in [3.8, 4) is 0 Å². The molecule has 8 heteroatoms.